The zero-order chi connectivity index (χ0) is 24.2. The monoisotopic (exact) mass is 471 g/mol. The van der Waals surface area contributed by atoms with Gasteiger partial charge in [0.05, 0.1) is 34.3 Å². The van der Waals surface area contributed by atoms with Crippen molar-refractivity contribution in [3.8, 4) is 0 Å². The number of imide groups is 1. The molecule has 0 aliphatic carbocycles. The van der Waals surface area contributed by atoms with Crippen molar-refractivity contribution >= 4 is 55.4 Å². The Kier molecular flexibility index (Phi) is 4.06. The summed E-state index contributed by atoms with van der Waals surface area (Å²) >= 11 is 0. The van der Waals surface area contributed by atoms with Gasteiger partial charge in [-0.3, -0.25) is 14.9 Å². The highest BCUT2D eigenvalue weighted by atomic mass is 16.5. The largest absolute Gasteiger partial charge is 0.388 e. The number of ether oxygens (including phenoxy) is 1. The van der Waals surface area contributed by atoms with Crippen molar-refractivity contribution in [2.24, 2.45) is 7.05 Å². The van der Waals surface area contributed by atoms with Gasteiger partial charge in [-0.1, -0.05) is 36.4 Å². The molecule has 1 fully saturated rings. The first kappa shape index (κ1) is 20.6. The predicted octanol–water partition coefficient (Wildman–Crippen LogP) is 1.93. The SMILES string of the molecule is Cn1c2ccccc2c2c3c(c4c5ccccc5n([C@@H]5OC[C@@H](O)[C@H](O)[C@H]5O)c4c21)C(=O)NC3=O. The van der Waals surface area contributed by atoms with Crippen molar-refractivity contribution < 1.29 is 29.6 Å². The molecule has 4 heterocycles. The number of aromatic nitrogens is 2. The van der Waals surface area contributed by atoms with Gasteiger partial charge in [-0.05, 0) is 12.1 Å². The highest BCUT2D eigenvalue weighted by Crippen LogP contribution is 2.46. The van der Waals surface area contributed by atoms with E-state index < -0.39 is 36.4 Å². The van der Waals surface area contributed by atoms with Gasteiger partial charge in [0, 0.05) is 34.1 Å². The number of hydrogen-bond acceptors (Lipinski definition) is 6. The zero-order valence-corrected chi connectivity index (χ0v) is 18.6. The number of aliphatic hydroxyl groups is 3. The van der Waals surface area contributed by atoms with Crippen LogP contribution in [0.1, 0.15) is 26.9 Å². The summed E-state index contributed by atoms with van der Waals surface area (Å²) in [5.41, 5.74) is 3.48. The fraction of sp³-hybridized carbons (Fsp3) is 0.231. The molecule has 176 valence electrons. The predicted molar refractivity (Wildman–Crippen MR) is 128 cm³/mol. The second-order valence-corrected chi connectivity index (χ2v) is 9.22. The summed E-state index contributed by atoms with van der Waals surface area (Å²) in [5, 5.41) is 36.7. The van der Waals surface area contributed by atoms with Crippen LogP contribution < -0.4 is 5.32 Å². The maximum atomic E-state index is 13.2. The van der Waals surface area contributed by atoms with Gasteiger partial charge in [-0.25, -0.2) is 0 Å². The lowest BCUT2D eigenvalue weighted by molar-refractivity contribution is -0.208. The average Bonchev–Trinajstić information content (AvgIpc) is 3.45. The molecule has 2 aliphatic rings. The van der Waals surface area contributed by atoms with Gasteiger partial charge in [0.1, 0.15) is 18.3 Å². The molecule has 0 spiro atoms. The molecule has 0 unspecified atom stereocenters. The minimum Gasteiger partial charge on any atom is -0.388 e. The first-order valence-corrected chi connectivity index (χ1v) is 11.4. The Morgan fingerprint density at radius 3 is 2.09 bits per heavy atom. The number of nitrogens with zero attached hydrogens (tertiary/aromatic N) is 2. The molecule has 2 aromatic heterocycles. The van der Waals surface area contributed by atoms with E-state index in [4.69, 9.17) is 4.74 Å². The van der Waals surface area contributed by atoms with Crippen LogP contribution in [0, 0.1) is 0 Å². The van der Waals surface area contributed by atoms with Crippen LogP contribution >= 0.6 is 0 Å². The molecular weight excluding hydrogens is 450 g/mol. The summed E-state index contributed by atoms with van der Waals surface area (Å²) < 4.78 is 9.64. The number of benzene rings is 3. The lowest BCUT2D eigenvalue weighted by Gasteiger charge is -2.36. The highest BCUT2D eigenvalue weighted by Gasteiger charge is 2.42. The van der Waals surface area contributed by atoms with E-state index in [-0.39, 0.29) is 12.2 Å². The molecule has 5 aromatic rings. The van der Waals surface area contributed by atoms with Gasteiger partial charge >= 0.3 is 0 Å². The number of nitrogens with one attached hydrogen (secondary N) is 1. The lowest BCUT2D eigenvalue weighted by Crippen LogP contribution is -2.50. The van der Waals surface area contributed by atoms with Crippen molar-refractivity contribution in [3.05, 3.63) is 59.7 Å². The fourth-order valence-electron chi connectivity index (χ4n) is 5.89. The van der Waals surface area contributed by atoms with Crippen LogP contribution in [-0.4, -0.2) is 61.2 Å². The molecule has 9 nitrogen and oxygen atoms in total. The van der Waals surface area contributed by atoms with E-state index in [2.05, 4.69) is 5.32 Å². The molecule has 4 N–H and O–H groups in total. The van der Waals surface area contributed by atoms with E-state index in [0.29, 0.717) is 38.3 Å². The van der Waals surface area contributed by atoms with Gasteiger partial charge in [-0.15, -0.1) is 0 Å². The van der Waals surface area contributed by atoms with Gasteiger partial charge in [-0.2, -0.15) is 0 Å². The van der Waals surface area contributed by atoms with Crippen molar-refractivity contribution in [1.29, 1.82) is 0 Å². The van der Waals surface area contributed by atoms with E-state index >= 15 is 0 Å². The van der Waals surface area contributed by atoms with E-state index in [0.717, 1.165) is 10.9 Å². The van der Waals surface area contributed by atoms with Crippen LogP contribution in [0.3, 0.4) is 0 Å². The second-order valence-electron chi connectivity index (χ2n) is 9.22. The van der Waals surface area contributed by atoms with E-state index in [1.807, 2.05) is 60.1 Å². The topological polar surface area (TPSA) is 126 Å². The third kappa shape index (κ3) is 2.45. The van der Waals surface area contributed by atoms with Crippen LogP contribution in [0.15, 0.2) is 48.5 Å². The zero-order valence-electron chi connectivity index (χ0n) is 18.6. The van der Waals surface area contributed by atoms with Crippen molar-refractivity contribution in [2.45, 2.75) is 24.5 Å². The number of carbonyl (C=O) groups is 2. The maximum Gasteiger partial charge on any atom is 0.259 e. The Bertz CT molecular complexity index is 1750. The molecule has 4 atom stereocenters. The third-order valence-electron chi connectivity index (χ3n) is 7.40. The maximum absolute atomic E-state index is 13.2. The minimum absolute atomic E-state index is 0.168. The van der Waals surface area contributed by atoms with Gasteiger partial charge in [0.15, 0.2) is 6.23 Å². The number of rotatable bonds is 1. The van der Waals surface area contributed by atoms with Gasteiger partial charge in [0.2, 0.25) is 0 Å². The van der Waals surface area contributed by atoms with Crippen LogP contribution in [0.5, 0.6) is 0 Å². The highest BCUT2D eigenvalue weighted by molar-refractivity contribution is 6.39. The third-order valence-corrected chi connectivity index (χ3v) is 7.40. The van der Waals surface area contributed by atoms with Gasteiger partial charge in [0.25, 0.3) is 11.8 Å². The molecule has 3 aromatic carbocycles. The Morgan fingerprint density at radius 1 is 0.829 bits per heavy atom. The standard InChI is InChI=1S/C26H21N3O6/c1-28-13-8-4-2-6-11(13)16-18-19(25(34)27-24(18)33)17-12-7-3-5-9-14(12)29(21(17)20(16)28)26-23(32)22(31)15(30)10-35-26/h2-9,15,22-23,26,30-32H,10H2,1H3,(H,27,33,34)/t15-,22+,23-,26-/m1/s1. The minimum atomic E-state index is -1.42. The quantitative estimate of drug-likeness (QED) is 0.277. The number of hydrogen-bond donors (Lipinski definition) is 4. The van der Waals surface area contributed by atoms with Crippen LogP contribution in [0.4, 0.5) is 0 Å². The number of para-hydroxylation sites is 2. The first-order chi connectivity index (χ1) is 16.9. The van der Waals surface area contributed by atoms with Gasteiger partial charge < -0.3 is 29.2 Å². The lowest BCUT2D eigenvalue weighted by atomic mass is 9.96. The molecule has 7 rings (SSSR count). The number of aryl methyl sites for hydroxylation is 1. The van der Waals surface area contributed by atoms with E-state index in [1.54, 1.807) is 4.57 Å². The normalized spacial score (nSPS) is 24.7. The van der Waals surface area contributed by atoms with Crippen LogP contribution in [0.2, 0.25) is 0 Å². The summed E-state index contributed by atoms with van der Waals surface area (Å²) in [6.07, 6.45) is -5.09. The van der Waals surface area contributed by atoms with E-state index in [1.165, 1.54) is 0 Å². The summed E-state index contributed by atoms with van der Waals surface area (Å²) in [6.45, 7) is -0.168. The fourth-order valence-corrected chi connectivity index (χ4v) is 5.89. The van der Waals surface area contributed by atoms with Crippen molar-refractivity contribution in [1.82, 2.24) is 14.5 Å². The summed E-state index contributed by atoms with van der Waals surface area (Å²) in [7, 11) is 1.89. The van der Waals surface area contributed by atoms with E-state index in [9.17, 15) is 24.9 Å². The smallest absolute Gasteiger partial charge is 0.259 e. The molecule has 0 saturated carbocycles. The summed E-state index contributed by atoms with van der Waals surface area (Å²) in [5.74, 6) is -0.925. The molecule has 2 aliphatic heterocycles. The molecule has 2 amide bonds. The van der Waals surface area contributed by atoms with Crippen molar-refractivity contribution in [3.63, 3.8) is 0 Å². The molecule has 0 radical (unpaired) electrons. The number of fused-ring (bicyclic) bond motifs is 10. The number of amides is 2. The van der Waals surface area contributed by atoms with Crippen LogP contribution in [0.25, 0.3) is 43.6 Å². The summed E-state index contributed by atoms with van der Waals surface area (Å²) in [6, 6.07) is 15.0. The average molecular weight is 471 g/mol. The Labute approximate surface area is 197 Å². The molecule has 9 heteroatoms. The number of carbonyl (C=O) groups excluding carboxylic acids is 2. The summed E-state index contributed by atoms with van der Waals surface area (Å²) in [4.78, 5) is 26.3. The molecular formula is C26H21N3O6. The number of aliphatic hydroxyl groups excluding tert-OH is 3. The first-order valence-electron chi connectivity index (χ1n) is 11.4. The second kappa shape index (κ2) is 6.89. The Hall–Kier alpha value is -3.76. The Balaban J connectivity index is 1.77. The Morgan fingerprint density at radius 2 is 1.40 bits per heavy atom. The molecule has 1 saturated heterocycles. The molecule has 0 bridgehead atoms. The van der Waals surface area contributed by atoms with Crippen LogP contribution in [-0.2, 0) is 11.8 Å². The molecule has 35 heavy (non-hydrogen) atoms. The van der Waals surface area contributed by atoms with Crippen molar-refractivity contribution in [2.75, 3.05) is 6.61 Å².